The monoisotopic (exact) mass is 466 g/mol. The maximum atomic E-state index is 13.0. The van der Waals surface area contributed by atoms with Crippen molar-refractivity contribution < 1.29 is 27.9 Å². The molecule has 1 fully saturated rings. The van der Waals surface area contributed by atoms with Crippen molar-refractivity contribution in [3.63, 3.8) is 0 Å². The Labute approximate surface area is 185 Å². The lowest BCUT2D eigenvalue weighted by Gasteiger charge is -2.15. The third kappa shape index (κ3) is 5.86. The minimum Gasteiger partial charge on any atom is -0.508 e. The van der Waals surface area contributed by atoms with Crippen LogP contribution in [-0.4, -0.2) is 32.7 Å². The van der Waals surface area contributed by atoms with Crippen molar-refractivity contribution >= 4 is 51.9 Å². The number of thioether (sulfide) groups is 1. The zero-order valence-corrected chi connectivity index (χ0v) is 17.6. The molecule has 0 bridgehead atoms. The van der Waals surface area contributed by atoms with Gasteiger partial charge in [-0.1, -0.05) is 48.2 Å². The molecule has 31 heavy (non-hydrogen) atoms. The number of amides is 2. The first kappa shape index (κ1) is 22.8. The molecule has 162 valence electrons. The molecule has 2 aromatic rings. The summed E-state index contributed by atoms with van der Waals surface area (Å²) < 4.78 is 39.4. The Balaban J connectivity index is 1.57. The summed E-state index contributed by atoms with van der Waals surface area (Å²) >= 11 is 6.34. The van der Waals surface area contributed by atoms with Crippen molar-refractivity contribution in [2.45, 2.75) is 19.0 Å². The number of hydrogen-bond acceptors (Lipinski definition) is 5. The van der Waals surface area contributed by atoms with E-state index in [1.54, 1.807) is 18.2 Å². The van der Waals surface area contributed by atoms with Gasteiger partial charge in [-0.2, -0.15) is 13.2 Å². The highest BCUT2D eigenvalue weighted by Gasteiger charge is 2.34. The van der Waals surface area contributed by atoms with Crippen LogP contribution in [0.25, 0.3) is 6.08 Å². The number of nitrogens with zero attached hydrogens (tertiary/aromatic N) is 1. The summed E-state index contributed by atoms with van der Waals surface area (Å²) in [5.41, 5.74) is -0.583. The van der Waals surface area contributed by atoms with Crippen LogP contribution in [0.4, 0.5) is 18.9 Å². The average molecular weight is 467 g/mol. The summed E-state index contributed by atoms with van der Waals surface area (Å²) in [4.78, 5) is 26.4. The molecule has 2 aromatic carbocycles. The number of carbonyl (C=O) groups is 2. The summed E-state index contributed by atoms with van der Waals surface area (Å²) in [5.74, 6) is -0.832. The standard InChI is InChI=1S/C21H17F3N2O3S2/c22-21(23,24)15-7-1-2-8-16(15)25-18(28)9-4-10-26-19(29)17(31-20(26)30)12-13-5-3-6-14(27)11-13/h1-3,5-8,11-12,27H,4,9-10H2,(H,25,28)/b17-12-. The molecule has 0 aromatic heterocycles. The highest BCUT2D eigenvalue weighted by molar-refractivity contribution is 8.26. The van der Waals surface area contributed by atoms with Crippen LogP contribution >= 0.6 is 24.0 Å². The lowest BCUT2D eigenvalue weighted by Crippen LogP contribution is -2.29. The second-order valence-electron chi connectivity index (χ2n) is 6.62. The number of anilines is 1. The van der Waals surface area contributed by atoms with Crippen LogP contribution in [0.15, 0.2) is 53.4 Å². The van der Waals surface area contributed by atoms with Crippen LogP contribution < -0.4 is 5.32 Å². The predicted molar refractivity (Wildman–Crippen MR) is 117 cm³/mol. The van der Waals surface area contributed by atoms with E-state index in [2.05, 4.69) is 5.32 Å². The van der Waals surface area contributed by atoms with E-state index < -0.39 is 17.6 Å². The van der Waals surface area contributed by atoms with E-state index in [0.29, 0.717) is 14.8 Å². The molecule has 2 N–H and O–H groups in total. The summed E-state index contributed by atoms with van der Waals surface area (Å²) in [5, 5.41) is 11.8. The van der Waals surface area contributed by atoms with Gasteiger partial charge in [0.2, 0.25) is 5.91 Å². The molecule has 0 unspecified atom stereocenters. The number of aromatic hydroxyl groups is 1. The van der Waals surface area contributed by atoms with Crippen LogP contribution in [0.3, 0.4) is 0 Å². The number of benzene rings is 2. The van der Waals surface area contributed by atoms with Gasteiger partial charge in [-0.25, -0.2) is 0 Å². The normalized spacial score (nSPS) is 15.6. The van der Waals surface area contributed by atoms with Crippen molar-refractivity contribution in [2.75, 3.05) is 11.9 Å². The fourth-order valence-electron chi connectivity index (χ4n) is 2.91. The summed E-state index contributed by atoms with van der Waals surface area (Å²) in [6.45, 7) is 0.163. The SMILES string of the molecule is O=C(CCCN1C(=O)/C(=C/c2cccc(O)c2)SC1=S)Nc1ccccc1C(F)(F)F. The molecule has 1 aliphatic heterocycles. The fraction of sp³-hybridized carbons (Fsp3) is 0.190. The minimum absolute atomic E-state index is 0.0716. The number of phenolic OH excluding ortho intramolecular Hbond substituents is 1. The van der Waals surface area contributed by atoms with Crippen LogP contribution in [0, 0.1) is 0 Å². The van der Waals surface area contributed by atoms with Gasteiger partial charge in [-0.05, 0) is 42.3 Å². The van der Waals surface area contributed by atoms with E-state index >= 15 is 0 Å². The quantitative estimate of drug-likeness (QED) is 0.462. The largest absolute Gasteiger partial charge is 0.508 e. The van der Waals surface area contributed by atoms with Crippen molar-refractivity contribution in [2.24, 2.45) is 0 Å². The number of halogens is 3. The highest BCUT2D eigenvalue weighted by Crippen LogP contribution is 2.35. The Morgan fingerprint density at radius 2 is 1.94 bits per heavy atom. The number of rotatable bonds is 6. The van der Waals surface area contributed by atoms with Gasteiger partial charge in [0.1, 0.15) is 10.1 Å². The Morgan fingerprint density at radius 3 is 2.65 bits per heavy atom. The van der Waals surface area contributed by atoms with E-state index in [1.165, 1.54) is 35.2 Å². The second kappa shape index (κ2) is 9.52. The summed E-state index contributed by atoms with van der Waals surface area (Å²) in [6.07, 6.45) is -2.81. The zero-order chi connectivity index (χ0) is 22.6. The number of hydrogen-bond donors (Lipinski definition) is 2. The molecule has 10 heteroatoms. The molecule has 5 nitrogen and oxygen atoms in total. The number of nitrogens with one attached hydrogen (secondary N) is 1. The van der Waals surface area contributed by atoms with Gasteiger partial charge < -0.3 is 10.4 Å². The lowest BCUT2D eigenvalue weighted by molar-refractivity contribution is -0.137. The number of alkyl halides is 3. The number of carbonyl (C=O) groups excluding carboxylic acids is 2. The van der Waals surface area contributed by atoms with Crippen molar-refractivity contribution in [1.29, 1.82) is 0 Å². The molecule has 1 aliphatic rings. The summed E-state index contributed by atoms with van der Waals surface area (Å²) in [7, 11) is 0. The van der Waals surface area contributed by atoms with Gasteiger partial charge in [0.05, 0.1) is 16.2 Å². The number of para-hydroxylation sites is 1. The van der Waals surface area contributed by atoms with E-state index in [9.17, 15) is 27.9 Å². The van der Waals surface area contributed by atoms with Crippen LogP contribution in [0.1, 0.15) is 24.0 Å². The van der Waals surface area contributed by atoms with Crippen molar-refractivity contribution in [3.8, 4) is 5.75 Å². The van der Waals surface area contributed by atoms with Crippen LogP contribution in [-0.2, 0) is 15.8 Å². The first-order valence-electron chi connectivity index (χ1n) is 9.15. The van der Waals surface area contributed by atoms with Crippen LogP contribution in [0.5, 0.6) is 5.75 Å². The van der Waals surface area contributed by atoms with Crippen molar-refractivity contribution in [1.82, 2.24) is 4.90 Å². The fourth-order valence-corrected chi connectivity index (χ4v) is 4.22. The zero-order valence-electron chi connectivity index (χ0n) is 16.0. The van der Waals surface area contributed by atoms with Crippen molar-refractivity contribution in [3.05, 3.63) is 64.6 Å². The molecule has 1 heterocycles. The topological polar surface area (TPSA) is 69.6 Å². The molecule has 1 saturated heterocycles. The molecule has 0 spiro atoms. The summed E-state index contributed by atoms with van der Waals surface area (Å²) in [6, 6.07) is 11.1. The van der Waals surface area contributed by atoms with Gasteiger partial charge in [-0.15, -0.1) is 0 Å². The molecule has 2 amide bonds. The Bertz CT molecular complexity index is 1050. The first-order chi connectivity index (χ1) is 14.6. The smallest absolute Gasteiger partial charge is 0.418 e. The minimum atomic E-state index is -4.58. The van der Waals surface area contributed by atoms with E-state index in [1.807, 2.05) is 0 Å². The maximum Gasteiger partial charge on any atom is 0.418 e. The maximum absolute atomic E-state index is 13.0. The lowest BCUT2D eigenvalue weighted by atomic mass is 10.1. The Morgan fingerprint density at radius 1 is 1.19 bits per heavy atom. The third-order valence-corrected chi connectivity index (χ3v) is 5.71. The van der Waals surface area contributed by atoms with Gasteiger partial charge >= 0.3 is 6.18 Å². The van der Waals surface area contributed by atoms with Gasteiger partial charge in [0, 0.05) is 13.0 Å². The molecule has 3 rings (SSSR count). The van der Waals surface area contributed by atoms with Gasteiger partial charge in [0.15, 0.2) is 0 Å². The molecule has 0 aliphatic carbocycles. The van der Waals surface area contributed by atoms with E-state index in [-0.39, 0.29) is 36.7 Å². The first-order valence-corrected chi connectivity index (χ1v) is 10.4. The van der Waals surface area contributed by atoms with Gasteiger partial charge in [-0.3, -0.25) is 14.5 Å². The predicted octanol–water partition coefficient (Wildman–Crippen LogP) is 5.03. The average Bonchev–Trinajstić information content (AvgIpc) is 2.95. The Kier molecular flexibility index (Phi) is 7.01. The van der Waals surface area contributed by atoms with Gasteiger partial charge in [0.25, 0.3) is 5.91 Å². The number of phenols is 1. The molecule has 0 saturated carbocycles. The molecular weight excluding hydrogens is 449 g/mol. The third-order valence-electron chi connectivity index (χ3n) is 4.33. The number of thiocarbonyl (C=S) groups is 1. The molecule has 0 atom stereocenters. The van der Waals surface area contributed by atoms with E-state index in [4.69, 9.17) is 12.2 Å². The highest BCUT2D eigenvalue weighted by atomic mass is 32.2. The molecular formula is C21H17F3N2O3S2. The Hall–Kier alpha value is -2.85. The van der Waals surface area contributed by atoms with E-state index in [0.717, 1.165) is 17.8 Å². The molecule has 0 radical (unpaired) electrons. The van der Waals surface area contributed by atoms with Crippen LogP contribution in [0.2, 0.25) is 0 Å². The second-order valence-corrected chi connectivity index (χ2v) is 8.30.